The van der Waals surface area contributed by atoms with Crippen molar-refractivity contribution in [1.29, 1.82) is 0 Å². The molecule has 23 heavy (non-hydrogen) atoms. The van der Waals surface area contributed by atoms with E-state index in [1.54, 1.807) is 45.0 Å². The maximum absolute atomic E-state index is 12.1. The number of Topliss-reactive ketones (excluding diaryl/α,β-unsaturated/α-hetero) is 1. The lowest BCUT2D eigenvalue weighted by Crippen LogP contribution is -2.26. The Labute approximate surface area is 136 Å². The molecule has 0 aromatic heterocycles. The zero-order valence-corrected chi connectivity index (χ0v) is 13.5. The van der Waals surface area contributed by atoms with Crippen molar-refractivity contribution in [3.63, 3.8) is 0 Å². The fraction of sp³-hybridized carbons (Fsp3) is 0.263. The van der Waals surface area contributed by atoms with E-state index in [1.165, 1.54) is 0 Å². The van der Waals surface area contributed by atoms with Crippen LogP contribution in [0, 0.1) is 5.41 Å². The van der Waals surface area contributed by atoms with Gasteiger partial charge in [0, 0.05) is 5.41 Å². The van der Waals surface area contributed by atoms with Crippen LogP contribution in [-0.2, 0) is 9.53 Å². The van der Waals surface area contributed by atoms with Gasteiger partial charge in [0.05, 0.1) is 5.56 Å². The van der Waals surface area contributed by atoms with E-state index < -0.39 is 11.4 Å². The van der Waals surface area contributed by atoms with Crippen molar-refractivity contribution in [3.05, 3.63) is 60.2 Å². The van der Waals surface area contributed by atoms with Gasteiger partial charge < -0.3 is 9.47 Å². The highest BCUT2D eigenvalue weighted by Crippen LogP contribution is 2.22. The molecule has 0 aliphatic heterocycles. The second kappa shape index (κ2) is 7.09. The van der Waals surface area contributed by atoms with Crippen LogP contribution >= 0.6 is 0 Å². The molecule has 2 rings (SSSR count). The quantitative estimate of drug-likeness (QED) is 0.774. The highest BCUT2D eigenvalue weighted by Gasteiger charge is 2.22. The Hall–Kier alpha value is -2.62. The molecule has 0 heterocycles. The van der Waals surface area contributed by atoms with Crippen molar-refractivity contribution in [1.82, 2.24) is 0 Å². The molecule has 0 fully saturated rings. The molecule has 2 aromatic carbocycles. The molecule has 2 aromatic rings. The predicted molar refractivity (Wildman–Crippen MR) is 87.7 cm³/mol. The summed E-state index contributed by atoms with van der Waals surface area (Å²) < 4.78 is 10.8. The number of hydrogen-bond donors (Lipinski definition) is 0. The summed E-state index contributed by atoms with van der Waals surface area (Å²) in [4.78, 5) is 23.9. The maximum atomic E-state index is 12.1. The van der Waals surface area contributed by atoms with Gasteiger partial charge in [0.1, 0.15) is 11.5 Å². The summed E-state index contributed by atoms with van der Waals surface area (Å²) in [6.07, 6.45) is 0. The number of rotatable bonds is 5. The summed E-state index contributed by atoms with van der Waals surface area (Å²) in [5.74, 6) is 0.553. The molecule has 0 amide bonds. The van der Waals surface area contributed by atoms with Gasteiger partial charge in [-0.25, -0.2) is 4.79 Å². The van der Waals surface area contributed by atoms with Crippen molar-refractivity contribution in [3.8, 4) is 11.5 Å². The van der Waals surface area contributed by atoms with Crippen LogP contribution in [0.15, 0.2) is 54.6 Å². The van der Waals surface area contributed by atoms with E-state index in [1.807, 2.05) is 30.3 Å². The van der Waals surface area contributed by atoms with Gasteiger partial charge in [-0.2, -0.15) is 0 Å². The Morgan fingerprint density at radius 3 is 2.22 bits per heavy atom. The van der Waals surface area contributed by atoms with Crippen LogP contribution in [0.25, 0.3) is 0 Å². The molecule has 0 N–H and O–H groups in total. The van der Waals surface area contributed by atoms with Crippen molar-refractivity contribution >= 4 is 11.8 Å². The zero-order valence-electron chi connectivity index (χ0n) is 13.5. The van der Waals surface area contributed by atoms with E-state index in [0.29, 0.717) is 17.1 Å². The van der Waals surface area contributed by atoms with Crippen molar-refractivity contribution < 1.29 is 19.1 Å². The number of esters is 1. The fourth-order valence-corrected chi connectivity index (χ4v) is 1.74. The highest BCUT2D eigenvalue weighted by atomic mass is 16.5. The van der Waals surface area contributed by atoms with E-state index in [-0.39, 0.29) is 12.4 Å². The number of para-hydroxylation sites is 1. The molecule has 0 bridgehead atoms. The third-order valence-electron chi connectivity index (χ3n) is 3.22. The number of hydrogen-bond acceptors (Lipinski definition) is 4. The highest BCUT2D eigenvalue weighted by molar-refractivity contribution is 5.93. The van der Waals surface area contributed by atoms with Gasteiger partial charge in [-0.15, -0.1) is 0 Å². The first-order chi connectivity index (χ1) is 10.9. The Balaban J connectivity index is 2.02. The van der Waals surface area contributed by atoms with E-state index in [4.69, 9.17) is 9.47 Å². The van der Waals surface area contributed by atoms with E-state index in [9.17, 15) is 9.59 Å². The molecule has 0 atom stereocenters. The molecular weight excluding hydrogens is 292 g/mol. The van der Waals surface area contributed by atoms with Crippen molar-refractivity contribution in [2.75, 3.05) is 6.61 Å². The van der Waals surface area contributed by atoms with Gasteiger partial charge in [0.15, 0.2) is 12.4 Å². The van der Waals surface area contributed by atoms with E-state index in [2.05, 4.69) is 0 Å². The molecule has 0 saturated carbocycles. The van der Waals surface area contributed by atoms with Gasteiger partial charge in [-0.05, 0) is 30.3 Å². The Morgan fingerprint density at radius 2 is 1.57 bits per heavy atom. The first-order valence-corrected chi connectivity index (χ1v) is 7.39. The monoisotopic (exact) mass is 312 g/mol. The molecule has 0 aliphatic rings. The van der Waals surface area contributed by atoms with E-state index >= 15 is 0 Å². The fourth-order valence-electron chi connectivity index (χ4n) is 1.74. The summed E-state index contributed by atoms with van der Waals surface area (Å²) in [6.45, 7) is 5.14. The standard InChI is InChI=1S/C19H20O4/c1-19(2,3)17(20)13-22-18(21)14-8-7-11-16(12-14)23-15-9-5-4-6-10-15/h4-12H,13H2,1-3H3. The first kappa shape index (κ1) is 16.7. The lowest BCUT2D eigenvalue weighted by molar-refractivity contribution is -0.129. The third kappa shape index (κ3) is 4.95. The van der Waals surface area contributed by atoms with Crippen LogP contribution in [0.5, 0.6) is 11.5 Å². The lowest BCUT2D eigenvalue weighted by Gasteiger charge is -2.16. The Kier molecular flexibility index (Phi) is 5.16. The topological polar surface area (TPSA) is 52.6 Å². The van der Waals surface area contributed by atoms with Crippen molar-refractivity contribution in [2.24, 2.45) is 5.41 Å². The molecule has 4 nitrogen and oxygen atoms in total. The summed E-state index contributed by atoms with van der Waals surface area (Å²) >= 11 is 0. The minimum absolute atomic E-state index is 0.123. The number of ether oxygens (including phenoxy) is 2. The van der Waals surface area contributed by atoms with Gasteiger partial charge in [-0.1, -0.05) is 45.0 Å². The number of ketones is 1. The minimum atomic E-state index is -0.541. The normalized spacial score (nSPS) is 10.9. The SMILES string of the molecule is CC(C)(C)C(=O)COC(=O)c1cccc(Oc2ccccc2)c1. The lowest BCUT2D eigenvalue weighted by atomic mass is 9.91. The number of carbonyl (C=O) groups is 2. The number of carbonyl (C=O) groups excluding carboxylic acids is 2. The Bertz CT molecular complexity index is 684. The molecule has 0 radical (unpaired) electrons. The molecule has 0 aliphatic carbocycles. The van der Waals surface area contributed by atoms with Crippen molar-refractivity contribution in [2.45, 2.75) is 20.8 Å². The van der Waals surface area contributed by atoms with Gasteiger partial charge in [0.2, 0.25) is 0 Å². The maximum Gasteiger partial charge on any atom is 0.338 e. The number of benzene rings is 2. The van der Waals surface area contributed by atoms with Crippen LogP contribution in [0.2, 0.25) is 0 Å². The van der Waals surface area contributed by atoms with Gasteiger partial charge >= 0.3 is 5.97 Å². The summed E-state index contributed by atoms with van der Waals surface area (Å²) in [6, 6.07) is 16.0. The third-order valence-corrected chi connectivity index (χ3v) is 3.22. The van der Waals surface area contributed by atoms with Crippen LogP contribution in [-0.4, -0.2) is 18.4 Å². The van der Waals surface area contributed by atoms with Gasteiger partial charge in [-0.3, -0.25) is 4.79 Å². The minimum Gasteiger partial charge on any atom is -0.457 e. The molecule has 0 unspecified atom stereocenters. The molecule has 0 spiro atoms. The second-order valence-corrected chi connectivity index (χ2v) is 6.19. The molecular formula is C19H20O4. The second-order valence-electron chi connectivity index (χ2n) is 6.19. The largest absolute Gasteiger partial charge is 0.457 e. The van der Waals surface area contributed by atoms with Crippen LogP contribution in [0.3, 0.4) is 0 Å². The summed E-state index contributed by atoms with van der Waals surface area (Å²) in [7, 11) is 0. The average Bonchev–Trinajstić information content (AvgIpc) is 2.52. The van der Waals surface area contributed by atoms with Crippen LogP contribution < -0.4 is 4.74 Å². The first-order valence-electron chi connectivity index (χ1n) is 7.39. The summed E-state index contributed by atoms with van der Waals surface area (Å²) in [5.41, 5.74) is -0.182. The van der Waals surface area contributed by atoms with Crippen LogP contribution in [0.4, 0.5) is 0 Å². The Morgan fingerprint density at radius 1 is 0.913 bits per heavy atom. The van der Waals surface area contributed by atoms with E-state index in [0.717, 1.165) is 0 Å². The average molecular weight is 312 g/mol. The predicted octanol–water partition coefficient (Wildman–Crippen LogP) is 4.25. The zero-order chi connectivity index (χ0) is 16.9. The molecule has 4 heteroatoms. The smallest absolute Gasteiger partial charge is 0.338 e. The molecule has 0 saturated heterocycles. The van der Waals surface area contributed by atoms with Crippen LogP contribution in [0.1, 0.15) is 31.1 Å². The molecule has 120 valence electrons. The van der Waals surface area contributed by atoms with Gasteiger partial charge in [0.25, 0.3) is 0 Å². The summed E-state index contributed by atoms with van der Waals surface area (Å²) in [5, 5.41) is 0.